The number of hydrogen-bond donors (Lipinski definition) is 1. The molecule has 0 aliphatic rings. The van der Waals surface area contributed by atoms with Crippen molar-refractivity contribution in [1.82, 2.24) is 0 Å². The second kappa shape index (κ2) is 6.10. The van der Waals surface area contributed by atoms with Crippen LogP contribution in [-0.4, -0.2) is 18.3 Å². The van der Waals surface area contributed by atoms with Crippen LogP contribution in [0.25, 0.3) is 0 Å². The number of aliphatic hydroxyl groups excluding tert-OH is 1. The number of benzene rings is 1. The highest BCUT2D eigenvalue weighted by molar-refractivity contribution is 5.37. The highest BCUT2D eigenvalue weighted by Crippen LogP contribution is 2.21. The van der Waals surface area contributed by atoms with Gasteiger partial charge in [-0.2, -0.15) is 0 Å². The minimum atomic E-state index is 0.197. The molecule has 15 heavy (non-hydrogen) atoms. The van der Waals surface area contributed by atoms with Crippen molar-refractivity contribution >= 4 is 0 Å². The summed E-state index contributed by atoms with van der Waals surface area (Å²) in [5.41, 5.74) is 2.30. The third-order valence-electron chi connectivity index (χ3n) is 2.13. The Morgan fingerprint density at radius 2 is 2.27 bits per heavy atom. The van der Waals surface area contributed by atoms with Gasteiger partial charge in [0.1, 0.15) is 12.4 Å². The molecule has 2 nitrogen and oxygen atoms in total. The summed E-state index contributed by atoms with van der Waals surface area (Å²) in [6.07, 6.45) is 6.70. The van der Waals surface area contributed by atoms with Gasteiger partial charge in [-0.15, -0.1) is 6.42 Å². The van der Waals surface area contributed by atoms with Gasteiger partial charge < -0.3 is 9.84 Å². The number of aryl methyl sites for hydroxylation is 2. The SMILES string of the molecule is C#CCOc1ccc(C)cc1CCCO. The van der Waals surface area contributed by atoms with Gasteiger partial charge >= 0.3 is 0 Å². The Kier molecular flexibility index (Phi) is 4.73. The summed E-state index contributed by atoms with van der Waals surface area (Å²) in [6, 6.07) is 6.00. The maximum Gasteiger partial charge on any atom is 0.148 e. The number of ether oxygens (including phenoxy) is 1. The van der Waals surface area contributed by atoms with Gasteiger partial charge in [-0.3, -0.25) is 0 Å². The van der Waals surface area contributed by atoms with Gasteiger partial charge in [0.2, 0.25) is 0 Å². The Bertz CT molecular complexity index is 350. The summed E-state index contributed by atoms with van der Waals surface area (Å²) in [4.78, 5) is 0. The molecule has 80 valence electrons. The van der Waals surface area contributed by atoms with Crippen molar-refractivity contribution in [2.24, 2.45) is 0 Å². The largest absolute Gasteiger partial charge is 0.481 e. The van der Waals surface area contributed by atoms with Crippen LogP contribution >= 0.6 is 0 Å². The Morgan fingerprint density at radius 1 is 1.47 bits per heavy atom. The molecule has 2 heteroatoms. The fourth-order valence-electron chi connectivity index (χ4n) is 1.43. The molecule has 0 aliphatic heterocycles. The van der Waals surface area contributed by atoms with Crippen molar-refractivity contribution in [3.05, 3.63) is 29.3 Å². The van der Waals surface area contributed by atoms with Gasteiger partial charge in [0.15, 0.2) is 0 Å². The highest BCUT2D eigenvalue weighted by atomic mass is 16.5. The van der Waals surface area contributed by atoms with E-state index < -0.39 is 0 Å². The molecule has 0 saturated heterocycles. The van der Waals surface area contributed by atoms with Crippen molar-refractivity contribution in [2.75, 3.05) is 13.2 Å². The van der Waals surface area contributed by atoms with E-state index in [1.165, 1.54) is 5.56 Å². The maximum atomic E-state index is 8.79. The molecule has 1 rings (SSSR count). The Morgan fingerprint density at radius 3 is 2.93 bits per heavy atom. The first kappa shape index (κ1) is 11.6. The van der Waals surface area contributed by atoms with Crippen LogP contribution in [0.5, 0.6) is 5.75 Å². The molecule has 0 saturated carbocycles. The van der Waals surface area contributed by atoms with Crippen molar-refractivity contribution < 1.29 is 9.84 Å². The highest BCUT2D eigenvalue weighted by Gasteiger charge is 2.03. The fraction of sp³-hybridized carbons (Fsp3) is 0.385. The average Bonchev–Trinajstić information content (AvgIpc) is 2.25. The zero-order valence-electron chi connectivity index (χ0n) is 8.99. The fourth-order valence-corrected chi connectivity index (χ4v) is 1.43. The quantitative estimate of drug-likeness (QED) is 0.743. The Labute approximate surface area is 90.9 Å². The summed E-state index contributed by atoms with van der Waals surface area (Å²) in [6.45, 7) is 2.52. The molecule has 0 heterocycles. The Hall–Kier alpha value is -1.46. The molecule has 0 unspecified atom stereocenters. The molecule has 0 amide bonds. The molecular weight excluding hydrogens is 188 g/mol. The van der Waals surface area contributed by atoms with E-state index in [9.17, 15) is 0 Å². The van der Waals surface area contributed by atoms with Gasteiger partial charge in [0, 0.05) is 6.61 Å². The first-order valence-electron chi connectivity index (χ1n) is 5.04. The number of terminal acetylenes is 1. The predicted octanol–water partition coefficient (Wildman–Crippen LogP) is 1.93. The molecule has 1 N–H and O–H groups in total. The summed E-state index contributed by atoms with van der Waals surface area (Å²) in [7, 11) is 0. The van der Waals surface area contributed by atoms with Gasteiger partial charge in [0.05, 0.1) is 0 Å². The van der Waals surface area contributed by atoms with E-state index in [0.29, 0.717) is 0 Å². The second-order valence-corrected chi connectivity index (χ2v) is 3.43. The molecule has 0 aromatic heterocycles. The molecule has 1 aromatic carbocycles. The summed E-state index contributed by atoms with van der Waals surface area (Å²) in [5, 5.41) is 8.79. The third-order valence-corrected chi connectivity index (χ3v) is 2.13. The molecule has 1 aromatic rings. The molecule has 0 atom stereocenters. The second-order valence-electron chi connectivity index (χ2n) is 3.43. The number of aliphatic hydroxyl groups is 1. The molecule has 0 fully saturated rings. The zero-order valence-corrected chi connectivity index (χ0v) is 8.99. The minimum absolute atomic E-state index is 0.197. The van der Waals surface area contributed by atoms with Crippen LogP contribution in [0.1, 0.15) is 17.5 Å². The van der Waals surface area contributed by atoms with E-state index in [2.05, 4.69) is 12.0 Å². The monoisotopic (exact) mass is 204 g/mol. The predicted molar refractivity (Wildman–Crippen MR) is 60.9 cm³/mol. The molecule has 0 radical (unpaired) electrons. The normalized spacial score (nSPS) is 9.67. The van der Waals surface area contributed by atoms with Crippen molar-refractivity contribution in [3.8, 4) is 18.1 Å². The van der Waals surface area contributed by atoms with E-state index in [0.717, 1.165) is 24.2 Å². The topological polar surface area (TPSA) is 29.5 Å². The van der Waals surface area contributed by atoms with E-state index in [1.807, 2.05) is 19.1 Å². The summed E-state index contributed by atoms with van der Waals surface area (Å²) < 4.78 is 5.42. The smallest absolute Gasteiger partial charge is 0.148 e. The van der Waals surface area contributed by atoms with Crippen LogP contribution < -0.4 is 4.74 Å². The maximum absolute atomic E-state index is 8.79. The average molecular weight is 204 g/mol. The molecule has 0 aliphatic carbocycles. The first-order chi connectivity index (χ1) is 7.27. The zero-order chi connectivity index (χ0) is 11.1. The first-order valence-corrected chi connectivity index (χ1v) is 5.04. The molecular formula is C13H16O2. The lowest BCUT2D eigenvalue weighted by atomic mass is 10.1. The lowest BCUT2D eigenvalue weighted by molar-refractivity contribution is 0.287. The third kappa shape index (κ3) is 3.65. The molecule has 0 spiro atoms. The number of hydrogen-bond acceptors (Lipinski definition) is 2. The van der Waals surface area contributed by atoms with Crippen molar-refractivity contribution in [3.63, 3.8) is 0 Å². The van der Waals surface area contributed by atoms with Crippen molar-refractivity contribution in [2.45, 2.75) is 19.8 Å². The van der Waals surface area contributed by atoms with Crippen molar-refractivity contribution in [1.29, 1.82) is 0 Å². The van der Waals surface area contributed by atoms with Gasteiger partial charge in [-0.1, -0.05) is 23.6 Å². The molecule has 0 bridgehead atoms. The standard InChI is InChI=1S/C13H16O2/c1-3-9-15-13-7-6-11(2)10-12(13)5-4-8-14/h1,6-7,10,14H,4-5,8-9H2,2H3. The van der Waals surface area contributed by atoms with Crippen LogP contribution in [0.2, 0.25) is 0 Å². The van der Waals surface area contributed by atoms with Gasteiger partial charge in [-0.25, -0.2) is 0 Å². The van der Waals surface area contributed by atoms with Gasteiger partial charge in [-0.05, 0) is 31.4 Å². The van der Waals surface area contributed by atoms with E-state index in [4.69, 9.17) is 16.3 Å². The van der Waals surface area contributed by atoms with E-state index in [-0.39, 0.29) is 13.2 Å². The van der Waals surface area contributed by atoms with E-state index in [1.54, 1.807) is 0 Å². The van der Waals surface area contributed by atoms with Crippen LogP contribution in [-0.2, 0) is 6.42 Å². The lowest BCUT2D eigenvalue weighted by Gasteiger charge is -2.10. The van der Waals surface area contributed by atoms with E-state index >= 15 is 0 Å². The van der Waals surface area contributed by atoms with Gasteiger partial charge in [0.25, 0.3) is 0 Å². The minimum Gasteiger partial charge on any atom is -0.481 e. The van der Waals surface area contributed by atoms with Crippen LogP contribution in [0.15, 0.2) is 18.2 Å². The van der Waals surface area contributed by atoms with Crippen LogP contribution in [0.3, 0.4) is 0 Å². The summed E-state index contributed by atoms with van der Waals surface area (Å²) >= 11 is 0. The number of rotatable bonds is 5. The summed E-state index contributed by atoms with van der Waals surface area (Å²) in [5.74, 6) is 3.27. The van der Waals surface area contributed by atoms with Crippen LogP contribution in [0, 0.1) is 19.3 Å². The lowest BCUT2D eigenvalue weighted by Crippen LogP contribution is -1.99. The van der Waals surface area contributed by atoms with Crippen LogP contribution in [0.4, 0.5) is 0 Å². The Balaban J connectivity index is 2.78.